The summed E-state index contributed by atoms with van der Waals surface area (Å²) in [5.74, 6) is 0.0148. The summed E-state index contributed by atoms with van der Waals surface area (Å²) < 4.78 is 19.0. The van der Waals surface area contributed by atoms with Gasteiger partial charge in [0.15, 0.2) is 5.82 Å². The van der Waals surface area contributed by atoms with E-state index in [1.807, 2.05) is 20.8 Å². The molecule has 0 aliphatic carbocycles. The molecule has 0 bridgehead atoms. The van der Waals surface area contributed by atoms with Crippen LogP contribution >= 0.6 is 11.6 Å². The lowest BCUT2D eigenvalue weighted by Crippen LogP contribution is -2.20. The summed E-state index contributed by atoms with van der Waals surface area (Å²) in [4.78, 5) is 3.85. The second-order valence-electron chi connectivity index (χ2n) is 3.79. The summed E-state index contributed by atoms with van der Waals surface area (Å²) in [5, 5.41) is 0. The van der Waals surface area contributed by atoms with Crippen LogP contribution in [-0.2, 0) is 5.88 Å². The van der Waals surface area contributed by atoms with Crippen molar-refractivity contribution in [3.63, 3.8) is 0 Å². The molecule has 0 N–H and O–H groups in total. The van der Waals surface area contributed by atoms with Crippen LogP contribution in [0.4, 0.5) is 4.39 Å². The fourth-order valence-electron chi connectivity index (χ4n) is 0.960. The second kappa shape index (κ2) is 5.31. The smallest absolute Gasteiger partial charge is 0.250 e. The van der Waals surface area contributed by atoms with E-state index in [4.69, 9.17) is 16.3 Å². The molecule has 2 nitrogen and oxygen atoms in total. The average molecular weight is 232 g/mol. The number of nitrogens with zero attached hydrogens (tertiary/aromatic N) is 1. The van der Waals surface area contributed by atoms with E-state index in [0.29, 0.717) is 11.5 Å². The molecule has 1 atom stereocenters. The normalized spacial score (nSPS) is 12.9. The maximum Gasteiger partial charge on any atom is 0.250 e. The van der Waals surface area contributed by atoms with Gasteiger partial charge in [-0.2, -0.15) is 0 Å². The highest BCUT2D eigenvalue weighted by molar-refractivity contribution is 6.17. The summed E-state index contributed by atoms with van der Waals surface area (Å²) in [6.45, 7) is 5.90. The average Bonchev–Trinajstić information content (AvgIpc) is 2.21. The summed E-state index contributed by atoms with van der Waals surface area (Å²) >= 11 is 5.58. The molecule has 0 saturated carbocycles. The molecule has 1 unspecified atom stereocenters. The van der Waals surface area contributed by atoms with E-state index in [0.717, 1.165) is 0 Å². The Morgan fingerprint density at radius 2 is 2.13 bits per heavy atom. The molecular weight excluding hydrogens is 217 g/mol. The number of hydrogen-bond donors (Lipinski definition) is 0. The molecule has 0 aliphatic rings. The number of hydrogen-bond acceptors (Lipinski definition) is 2. The SMILES string of the molecule is CC(C)C(C)Oc1nccc(CCl)c1F. The third-order valence-electron chi connectivity index (χ3n) is 2.32. The van der Waals surface area contributed by atoms with Crippen LogP contribution in [0.15, 0.2) is 12.3 Å². The van der Waals surface area contributed by atoms with Crippen LogP contribution in [0.3, 0.4) is 0 Å². The van der Waals surface area contributed by atoms with E-state index >= 15 is 0 Å². The number of halogens is 2. The molecule has 1 aromatic rings. The Bertz CT molecular complexity index is 330. The van der Waals surface area contributed by atoms with Gasteiger partial charge in [0, 0.05) is 11.8 Å². The van der Waals surface area contributed by atoms with Gasteiger partial charge in [-0.3, -0.25) is 0 Å². The van der Waals surface area contributed by atoms with Crippen molar-refractivity contribution in [1.82, 2.24) is 4.98 Å². The zero-order chi connectivity index (χ0) is 11.4. The lowest BCUT2D eigenvalue weighted by atomic mass is 10.1. The molecule has 0 saturated heterocycles. The molecule has 15 heavy (non-hydrogen) atoms. The number of rotatable bonds is 4. The van der Waals surface area contributed by atoms with Gasteiger partial charge in [0.25, 0.3) is 5.88 Å². The summed E-state index contributed by atoms with van der Waals surface area (Å²) in [7, 11) is 0. The summed E-state index contributed by atoms with van der Waals surface area (Å²) in [5.41, 5.74) is 0.414. The number of aromatic nitrogens is 1. The molecule has 4 heteroatoms. The summed E-state index contributed by atoms with van der Waals surface area (Å²) in [6.07, 6.45) is 1.43. The van der Waals surface area contributed by atoms with Gasteiger partial charge in [-0.1, -0.05) is 13.8 Å². The van der Waals surface area contributed by atoms with Crippen LogP contribution in [0.2, 0.25) is 0 Å². The number of pyridine rings is 1. The molecular formula is C11H15ClFNO. The first-order valence-electron chi connectivity index (χ1n) is 4.92. The molecule has 84 valence electrons. The highest BCUT2D eigenvalue weighted by atomic mass is 35.5. The van der Waals surface area contributed by atoms with Crippen molar-refractivity contribution >= 4 is 11.6 Å². The molecule has 0 amide bonds. The van der Waals surface area contributed by atoms with Gasteiger partial charge in [0.2, 0.25) is 0 Å². The van der Waals surface area contributed by atoms with Gasteiger partial charge in [-0.15, -0.1) is 11.6 Å². The first-order chi connectivity index (χ1) is 7.06. The van der Waals surface area contributed by atoms with Gasteiger partial charge in [0.05, 0.1) is 5.88 Å². The Morgan fingerprint density at radius 3 is 2.67 bits per heavy atom. The van der Waals surface area contributed by atoms with E-state index in [1.165, 1.54) is 6.20 Å². The summed E-state index contributed by atoms with van der Waals surface area (Å²) in [6, 6.07) is 1.55. The van der Waals surface area contributed by atoms with Gasteiger partial charge in [-0.25, -0.2) is 9.37 Å². The highest BCUT2D eigenvalue weighted by Crippen LogP contribution is 2.21. The Labute approximate surface area is 94.4 Å². The first-order valence-corrected chi connectivity index (χ1v) is 5.45. The lowest BCUT2D eigenvalue weighted by Gasteiger charge is -2.17. The van der Waals surface area contributed by atoms with Crippen LogP contribution in [0.25, 0.3) is 0 Å². The van der Waals surface area contributed by atoms with Gasteiger partial charge in [0.1, 0.15) is 6.10 Å². The Morgan fingerprint density at radius 1 is 1.47 bits per heavy atom. The van der Waals surface area contributed by atoms with Gasteiger partial charge < -0.3 is 4.74 Å². The van der Waals surface area contributed by atoms with Crippen LogP contribution < -0.4 is 4.74 Å². The molecule has 1 rings (SSSR count). The Balaban J connectivity index is 2.86. The van der Waals surface area contributed by atoms with Crippen molar-refractivity contribution in [3.05, 3.63) is 23.6 Å². The monoisotopic (exact) mass is 231 g/mol. The largest absolute Gasteiger partial charge is 0.472 e. The fraction of sp³-hybridized carbons (Fsp3) is 0.545. The second-order valence-corrected chi connectivity index (χ2v) is 4.06. The zero-order valence-corrected chi connectivity index (χ0v) is 9.88. The third kappa shape index (κ3) is 3.06. The third-order valence-corrected chi connectivity index (χ3v) is 2.61. The van der Waals surface area contributed by atoms with Crippen molar-refractivity contribution in [2.75, 3.05) is 0 Å². The van der Waals surface area contributed by atoms with Crippen molar-refractivity contribution in [1.29, 1.82) is 0 Å². The van der Waals surface area contributed by atoms with Gasteiger partial charge >= 0.3 is 0 Å². The molecule has 0 fully saturated rings. The molecule has 1 heterocycles. The predicted octanol–water partition coefficient (Wildman–Crippen LogP) is 3.38. The Kier molecular flexibility index (Phi) is 4.33. The fourth-order valence-corrected chi connectivity index (χ4v) is 1.17. The molecule has 0 spiro atoms. The lowest BCUT2D eigenvalue weighted by molar-refractivity contribution is 0.155. The van der Waals surface area contributed by atoms with Crippen LogP contribution in [0.1, 0.15) is 26.3 Å². The predicted molar refractivity (Wildman–Crippen MR) is 58.7 cm³/mol. The van der Waals surface area contributed by atoms with Crippen molar-refractivity contribution in [2.45, 2.75) is 32.8 Å². The van der Waals surface area contributed by atoms with Crippen molar-refractivity contribution in [2.24, 2.45) is 5.92 Å². The molecule has 0 aliphatic heterocycles. The highest BCUT2D eigenvalue weighted by Gasteiger charge is 2.15. The van der Waals surface area contributed by atoms with E-state index in [-0.39, 0.29) is 17.9 Å². The standard InChI is InChI=1S/C11H15ClFNO/c1-7(2)8(3)15-11-10(13)9(6-12)4-5-14-11/h4-5,7-8H,6H2,1-3H3. The minimum Gasteiger partial charge on any atom is -0.472 e. The molecule has 0 radical (unpaired) electrons. The molecule has 0 aromatic carbocycles. The van der Waals surface area contributed by atoms with Crippen LogP contribution in [-0.4, -0.2) is 11.1 Å². The minimum absolute atomic E-state index is 0.0364. The van der Waals surface area contributed by atoms with E-state index in [9.17, 15) is 4.39 Å². The quantitative estimate of drug-likeness (QED) is 0.742. The first kappa shape index (κ1) is 12.2. The zero-order valence-electron chi connectivity index (χ0n) is 9.13. The van der Waals surface area contributed by atoms with Gasteiger partial charge in [-0.05, 0) is 18.9 Å². The number of alkyl halides is 1. The van der Waals surface area contributed by atoms with Crippen LogP contribution in [0.5, 0.6) is 5.88 Å². The molecule has 1 aromatic heterocycles. The van der Waals surface area contributed by atoms with E-state index in [2.05, 4.69) is 4.98 Å². The van der Waals surface area contributed by atoms with E-state index in [1.54, 1.807) is 6.07 Å². The Hall–Kier alpha value is -0.830. The number of ether oxygens (including phenoxy) is 1. The topological polar surface area (TPSA) is 22.1 Å². The maximum absolute atomic E-state index is 13.6. The van der Waals surface area contributed by atoms with Crippen LogP contribution in [0, 0.1) is 11.7 Å². The van der Waals surface area contributed by atoms with Crippen molar-refractivity contribution in [3.8, 4) is 5.88 Å². The van der Waals surface area contributed by atoms with E-state index < -0.39 is 5.82 Å². The minimum atomic E-state index is -0.458. The maximum atomic E-state index is 13.6. The van der Waals surface area contributed by atoms with Crippen molar-refractivity contribution < 1.29 is 9.13 Å².